The molecule has 0 amide bonds. The second kappa shape index (κ2) is 9.14. The van der Waals surface area contributed by atoms with Crippen LogP contribution in [-0.2, 0) is 12.7 Å². The molecule has 186 valence electrons. The van der Waals surface area contributed by atoms with Crippen molar-refractivity contribution < 1.29 is 17.9 Å². The molecule has 0 saturated heterocycles. The number of aryl methyl sites for hydroxylation is 2. The van der Waals surface area contributed by atoms with E-state index >= 15 is 0 Å². The lowest BCUT2D eigenvalue weighted by molar-refractivity contribution is -0.137. The number of nitrogens with zero attached hydrogens (tertiary/aromatic N) is 7. The highest BCUT2D eigenvalue weighted by Gasteiger charge is 2.38. The number of para-hydroxylation sites is 1. The maximum Gasteiger partial charge on any atom is 0.418 e. The third-order valence-corrected chi connectivity index (χ3v) is 6.00. The third kappa shape index (κ3) is 4.43. The lowest BCUT2D eigenvalue weighted by Gasteiger charge is -2.35. The predicted molar refractivity (Wildman–Crippen MR) is 129 cm³/mol. The topological polar surface area (TPSA) is 73.9 Å². The van der Waals surface area contributed by atoms with Crippen LogP contribution >= 0.6 is 0 Å². The molecule has 3 aromatic heterocycles. The van der Waals surface area contributed by atoms with E-state index < -0.39 is 11.7 Å². The van der Waals surface area contributed by atoms with Crippen molar-refractivity contribution in [3.8, 4) is 11.6 Å². The van der Waals surface area contributed by atoms with E-state index in [1.807, 2.05) is 36.7 Å². The van der Waals surface area contributed by atoms with Crippen molar-refractivity contribution >= 4 is 23.8 Å². The zero-order chi connectivity index (χ0) is 25.4. The highest BCUT2D eigenvalue weighted by atomic mass is 19.4. The van der Waals surface area contributed by atoms with Gasteiger partial charge in [-0.05, 0) is 56.7 Å². The van der Waals surface area contributed by atoms with E-state index in [0.29, 0.717) is 36.3 Å². The fourth-order valence-electron chi connectivity index (χ4n) is 4.25. The van der Waals surface area contributed by atoms with Crippen molar-refractivity contribution in [3.63, 3.8) is 0 Å². The molecular weight excluding hydrogens is 471 g/mol. The van der Waals surface area contributed by atoms with Crippen LogP contribution in [0, 0.1) is 6.92 Å². The lowest BCUT2D eigenvalue weighted by Crippen LogP contribution is -2.37. The van der Waals surface area contributed by atoms with Gasteiger partial charge in [-0.1, -0.05) is 12.1 Å². The number of aromatic nitrogens is 6. The SMILES string of the molecule is COc1nc(C=Cc2nc3n(n2)CC[C@@H](C)N3c2ccccc2C(F)(F)F)ccc1-n1cnc(C)c1. The van der Waals surface area contributed by atoms with Gasteiger partial charge in [0.1, 0.15) is 5.69 Å². The van der Waals surface area contributed by atoms with Gasteiger partial charge in [-0.3, -0.25) is 0 Å². The molecule has 0 fully saturated rings. The van der Waals surface area contributed by atoms with Crippen molar-refractivity contribution in [3.05, 3.63) is 71.7 Å². The molecule has 1 aliphatic rings. The molecule has 0 saturated carbocycles. The maximum atomic E-state index is 13.7. The number of fused-ring (bicyclic) bond motifs is 1. The first-order chi connectivity index (χ1) is 17.2. The highest BCUT2D eigenvalue weighted by Crippen LogP contribution is 2.41. The van der Waals surface area contributed by atoms with Crippen LogP contribution in [0.3, 0.4) is 0 Å². The van der Waals surface area contributed by atoms with Gasteiger partial charge in [0.15, 0.2) is 5.82 Å². The average Bonchev–Trinajstić information content (AvgIpc) is 3.48. The first kappa shape index (κ1) is 23.6. The Balaban J connectivity index is 1.46. The molecule has 0 N–H and O–H groups in total. The van der Waals surface area contributed by atoms with Gasteiger partial charge in [0.25, 0.3) is 0 Å². The summed E-state index contributed by atoms with van der Waals surface area (Å²) in [6.07, 6.45) is 3.15. The minimum absolute atomic E-state index is 0.0677. The molecule has 4 aromatic rings. The molecule has 0 spiro atoms. The molecule has 0 unspecified atom stereocenters. The highest BCUT2D eigenvalue weighted by molar-refractivity contribution is 5.68. The molecule has 0 bridgehead atoms. The summed E-state index contributed by atoms with van der Waals surface area (Å²) in [6, 6.07) is 9.07. The smallest absolute Gasteiger partial charge is 0.418 e. The molecule has 0 aliphatic carbocycles. The van der Waals surface area contributed by atoms with Gasteiger partial charge in [-0.25, -0.2) is 14.6 Å². The van der Waals surface area contributed by atoms with Gasteiger partial charge < -0.3 is 14.2 Å². The van der Waals surface area contributed by atoms with E-state index in [1.165, 1.54) is 12.1 Å². The van der Waals surface area contributed by atoms with Crippen LogP contribution in [0.1, 0.15) is 36.1 Å². The fourth-order valence-corrected chi connectivity index (χ4v) is 4.25. The van der Waals surface area contributed by atoms with E-state index in [0.717, 1.165) is 17.4 Å². The summed E-state index contributed by atoms with van der Waals surface area (Å²) < 4.78 is 50.1. The molecule has 1 aromatic carbocycles. The number of halogens is 3. The number of pyridine rings is 1. The van der Waals surface area contributed by atoms with Crippen LogP contribution in [-0.4, -0.2) is 42.5 Å². The Morgan fingerprint density at radius 1 is 1.06 bits per heavy atom. The zero-order valence-corrected chi connectivity index (χ0v) is 19.9. The number of hydrogen-bond donors (Lipinski definition) is 0. The number of imidazole rings is 1. The zero-order valence-electron chi connectivity index (χ0n) is 19.9. The number of hydrogen-bond acceptors (Lipinski definition) is 6. The van der Waals surface area contributed by atoms with Crippen molar-refractivity contribution in [2.24, 2.45) is 0 Å². The molecule has 5 rings (SSSR count). The van der Waals surface area contributed by atoms with Crippen LogP contribution in [0.4, 0.5) is 24.8 Å². The van der Waals surface area contributed by atoms with Gasteiger partial charge in [0, 0.05) is 18.8 Å². The Bertz CT molecular complexity index is 1420. The maximum absolute atomic E-state index is 13.7. The third-order valence-electron chi connectivity index (χ3n) is 6.00. The summed E-state index contributed by atoms with van der Waals surface area (Å²) in [6.45, 7) is 4.35. The summed E-state index contributed by atoms with van der Waals surface area (Å²) in [4.78, 5) is 14.9. The quantitative estimate of drug-likeness (QED) is 0.374. The minimum Gasteiger partial charge on any atom is -0.479 e. The normalized spacial score (nSPS) is 15.9. The van der Waals surface area contributed by atoms with Crippen molar-refractivity contribution in [2.75, 3.05) is 12.0 Å². The number of methoxy groups -OCH3 is 1. The second-order valence-corrected chi connectivity index (χ2v) is 8.54. The van der Waals surface area contributed by atoms with Crippen molar-refractivity contribution in [1.29, 1.82) is 0 Å². The minimum atomic E-state index is -4.48. The summed E-state index contributed by atoms with van der Waals surface area (Å²) >= 11 is 0. The van der Waals surface area contributed by atoms with Crippen LogP contribution in [0.5, 0.6) is 5.88 Å². The fraction of sp³-hybridized carbons (Fsp3) is 0.280. The van der Waals surface area contributed by atoms with E-state index in [-0.39, 0.29) is 11.7 Å². The van der Waals surface area contributed by atoms with Gasteiger partial charge in [-0.2, -0.15) is 18.2 Å². The first-order valence-electron chi connectivity index (χ1n) is 11.4. The van der Waals surface area contributed by atoms with E-state index in [2.05, 4.69) is 20.1 Å². The molecule has 1 aliphatic heterocycles. The summed E-state index contributed by atoms with van der Waals surface area (Å²) in [5.41, 5.74) is 1.61. The van der Waals surface area contributed by atoms with Crippen LogP contribution in [0.2, 0.25) is 0 Å². The first-order valence-corrected chi connectivity index (χ1v) is 11.4. The molecule has 36 heavy (non-hydrogen) atoms. The van der Waals surface area contributed by atoms with Crippen LogP contribution in [0.15, 0.2) is 48.9 Å². The Kier molecular flexibility index (Phi) is 5.99. The predicted octanol–water partition coefficient (Wildman–Crippen LogP) is 5.30. The van der Waals surface area contributed by atoms with Gasteiger partial charge in [-0.15, -0.1) is 5.10 Å². The second-order valence-electron chi connectivity index (χ2n) is 8.54. The molecule has 8 nitrogen and oxygen atoms in total. The molecule has 11 heteroatoms. The number of benzene rings is 1. The van der Waals surface area contributed by atoms with Gasteiger partial charge in [0.05, 0.1) is 36.1 Å². The molecule has 4 heterocycles. The van der Waals surface area contributed by atoms with Crippen molar-refractivity contribution in [2.45, 2.75) is 39.0 Å². The summed E-state index contributed by atoms with van der Waals surface area (Å²) in [7, 11) is 1.54. The average molecular weight is 496 g/mol. The summed E-state index contributed by atoms with van der Waals surface area (Å²) in [5, 5.41) is 4.50. The standard InChI is InChI=1S/C25H24F3N7O/c1-16-14-33(15-29-16)21-10-8-18(30-23(21)36-3)9-11-22-31-24-34(32-22)13-12-17(2)35(24)20-7-5-4-6-19(20)25(26,27)28/h4-11,14-15,17H,12-13H2,1-3H3/t17-/m1/s1. The number of anilines is 2. The Morgan fingerprint density at radius 3 is 2.58 bits per heavy atom. The number of rotatable bonds is 5. The molecule has 0 radical (unpaired) electrons. The monoisotopic (exact) mass is 495 g/mol. The lowest BCUT2D eigenvalue weighted by atomic mass is 10.1. The Hall–Kier alpha value is -4.15. The largest absolute Gasteiger partial charge is 0.479 e. The van der Waals surface area contributed by atoms with E-state index in [1.54, 1.807) is 41.2 Å². The summed E-state index contributed by atoms with van der Waals surface area (Å²) in [5.74, 6) is 1.18. The van der Waals surface area contributed by atoms with E-state index in [4.69, 9.17) is 4.74 Å². The van der Waals surface area contributed by atoms with Crippen LogP contribution < -0.4 is 9.64 Å². The molecule has 1 atom stereocenters. The van der Waals surface area contributed by atoms with Crippen LogP contribution in [0.25, 0.3) is 17.8 Å². The van der Waals surface area contributed by atoms with Gasteiger partial charge >= 0.3 is 6.18 Å². The Labute approximate surface area is 205 Å². The molecular formula is C25H24F3N7O. The van der Waals surface area contributed by atoms with Crippen molar-refractivity contribution in [1.82, 2.24) is 29.3 Å². The Morgan fingerprint density at radius 2 is 1.86 bits per heavy atom. The number of alkyl halides is 3. The number of ether oxygens (including phenoxy) is 1. The van der Waals surface area contributed by atoms with Gasteiger partial charge in [0.2, 0.25) is 11.8 Å². The van der Waals surface area contributed by atoms with E-state index in [9.17, 15) is 13.2 Å².